The highest BCUT2D eigenvalue weighted by atomic mass is 16.3. The summed E-state index contributed by atoms with van der Waals surface area (Å²) in [6.45, 7) is 17.1. The molecule has 8 rings (SSSR count). The van der Waals surface area contributed by atoms with E-state index in [0.29, 0.717) is 29.1 Å². The number of hydrogen-bond donors (Lipinski definition) is 6. The molecule has 0 bridgehead atoms. The van der Waals surface area contributed by atoms with Crippen molar-refractivity contribution < 1.29 is 20.4 Å². The maximum Gasteiger partial charge on any atom is 0.0522 e. The van der Waals surface area contributed by atoms with Gasteiger partial charge in [0.25, 0.3) is 0 Å². The SMILES string of the molecule is C.C=C1CC[C@H]2[C@H](CO)[C@@H]([C@@]3(C)Cc4cn[nH]c4C[C@@H]3CO)CC[C@]12C.CC1(C)CCC2=C1CC[C@H]([C@@]1(C)Cc3cn[nH]c3C[C@@H]1CO)[C@H]2CO. The van der Waals surface area contributed by atoms with Crippen molar-refractivity contribution in [2.45, 2.75) is 119 Å². The monoisotopic (exact) mass is 705 g/mol. The highest BCUT2D eigenvalue weighted by Crippen LogP contribution is 2.63. The average Bonchev–Trinajstić information content (AvgIpc) is 3.89. The predicted molar refractivity (Wildman–Crippen MR) is 203 cm³/mol. The average molecular weight is 705 g/mol. The number of allylic oxidation sites excluding steroid dienone is 2. The Kier molecular flexibility index (Phi) is 10.7. The summed E-state index contributed by atoms with van der Waals surface area (Å²) in [4.78, 5) is 0. The number of nitrogens with zero attached hydrogens (tertiary/aromatic N) is 2. The summed E-state index contributed by atoms with van der Waals surface area (Å²) in [5.74, 6) is 2.45. The zero-order valence-electron chi connectivity index (χ0n) is 31.4. The fourth-order valence-corrected chi connectivity index (χ4v) is 12.9. The van der Waals surface area contributed by atoms with Crippen molar-refractivity contribution in [3.8, 4) is 0 Å². The summed E-state index contributed by atoms with van der Waals surface area (Å²) >= 11 is 0. The molecule has 0 amide bonds. The third-order valence-corrected chi connectivity index (χ3v) is 16.3. The van der Waals surface area contributed by atoms with Crippen LogP contribution >= 0.6 is 0 Å². The number of rotatable bonds is 6. The number of nitrogens with one attached hydrogen (secondary N) is 2. The highest BCUT2D eigenvalue weighted by molar-refractivity contribution is 5.34. The van der Waals surface area contributed by atoms with E-state index in [9.17, 15) is 20.4 Å². The second-order valence-electron chi connectivity index (χ2n) is 18.8. The molecule has 2 heterocycles. The lowest BCUT2D eigenvalue weighted by Gasteiger charge is -2.55. The van der Waals surface area contributed by atoms with Crippen molar-refractivity contribution in [2.75, 3.05) is 26.4 Å². The fourth-order valence-electron chi connectivity index (χ4n) is 12.9. The first-order valence-electron chi connectivity index (χ1n) is 19.7. The van der Waals surface area contributed by atoms with Crippen LogP contribution in [0.3, 0.4) is 0 Å². The van der Waals surface area contributed by atoms with Gasteiger partial charge in [0.05, 0.1) is 12.4 Å². The van der Waals surface area contributed by atoms with Gasteiger partial charge >= 0.3 is 0 Å². The molecule has 51 heavy (non-hydrogen) atoms. The first kappa shape index (κ1) is 38.5. The summed E-state index contributed by atoms with van der Waals surface area (Å²) in [7, 11) is 0. The van der Waals surface area contributed by atoms with Crippen molar-refractivity contribution in [3.63, 3.8) is 0 Å². The molecule has 2 fully saturated rings. The van der Waals surface area contributed by atoms with Gasteiger partial charge in [-0.2, -0.15) is 10.2 Å². The van der Waals surface area contributed by atoms with Crippen molar-refractivity contribution in [3.05, 3.63) is 58.2 Å². The molecule has 6 N–H and O–H groups in total. The van der Waals surface area contributed by atoms with E-state index in [2.05, 4.69) is 61.6 Å². The Balaban J connectivity index is 0.000000172. The molecular formula is C43H68N4O4. The van der Waals surface area contributed by atoms with Gasteiger partial charge < -0.3 is 20.4 Å². The number of aliphatic hydroxyl groups is 4. The second-order valence-corrected chi connectivity index (χ2v) is 18.8. The van der Waals surface area contributed by atoms with Crippen LogP contribution in [0.5, 0.6) is 0 Å². The number of H-pyrrole nitrogens is 2. The molecule has 0 aliphatic heterocycles. The van der Waals surface area contributed by atoms with Gasteiger partial charge in [-0.25, -0.2) is 0 Å². The topological polar surface area (TPSA) is 138 Å². The Labute approximate surface area is 307 Å². The zero-order valence-corrected chi connectivity index (χ0v) is 31.4. The lowest BCUT2D eigenvalue weighted by molar-refractivity contribution is -0.0737. The van der Waals surface area contributed by atoms with Crippen molar-refractivity contribution in [1.29, 1.82) is 0 Å². The summed E-state index contributed by atoms with van der Waals surface area (Å²) in [6, 6.07) is 0. The third-order valence-electron chi connectivity index (χ3n) is 16.3. The van der Waals surface area contributed by atoms with Gasteiger partial charge in [0, 0.05) is 43.7 Å². The van der Waals surface area contributed by atoms with Crippen LogP contribution < -0.4 is 0 Å². The zero-order chi connectivity index (χ0) is 35.6. The van der Waals surface area contributed by atoms with Gasteiger partial charge in [0.1, 0.15) is 0 Å². The Bertz CT molecular complexity index is 1590. The minimum Gasteiger partial charge on any atom is -0.396 e. The molecule has 0 unspecified atom stereocenters. The third kappa shape index (κ3) is 6.12. The van der Waals surface area contributed by atoms with Crippen molar-refractivity contribution in [1.82, 2.24) is 20.4 Å². The van der Waals surface area contributed by atoms with E-state index in [0.717, 1.165) is 64.2 Å². The van der Waals surface area contributed by atoms with Gasteiger partial charge in [-0.05, 0) is 145 Å². The number of hydrogen-bond acceptors (Lipinski definition) is 6. The normalized spacial score (nSPS) is 39.6. The molecule has 0 saturated heterocycles. The summed E-state index contributed by atoms with van der Waals surface area (Å²) in [6.07, 6.45) is 16.8. The summed E-state index contributed by atoms with van der Waals surface area (Å²) in [5, 5.41) is 55.7. The molecule has 2 saturated carbocycles. The Morgan fingerprint density at radius 3 is 1.82 bits per heavy atom. The molecule has 0 spiro atoms. The minimum absolute atomic E-state index is 0. The Morgan fingerprint density at radius 2 is 1.27 bits per heavy atom. The van der Waals surface area contributed by atoms with Crippen molar-refractivity contribution >= 4 is 0 Å². The Hall–Kier alpha value is -2.26. The quantitative estimate of drug-likeness (QED) is 0.179. The second kappa shape index (κ2) is 14.2. The molecule has 0 radical (unpaired) electrons. The molecule has 10 atom stereocenters. The maximum atomic E-state index is 10.4. The standard InChI is InChI=1S/2C21H32N2O2.CH4/c1-20(2)7-6-15-16(12-25)18(5-4-17(15)20)21(3)9-13-10-22-23-19(13)8-14(21)11-24;1-13-4-5-17-16(12-25)18(6-7-20(13,17)2)21(3)9-14-10-22-23-19(14)8-15(21)11-24;/h10,14,16,18,24-25H,4-9,11-12H2,1-3H3,(H,22,23);10,15-18,24-25H,1,4-9,11-12H2,2-3H3,(H,22,23);1H4/t14-,16+,18+,21+;15-,16+,17+,18+,20-,21+;/m11./s1. The first-order chi connectivity index (χ1) is 23.8. The van der Waals surface area contributed by atoms with Crippen LogP contribution in [-0.2, 0) is 25.7 Å². The number of aromatic amines is 2. The van der Waals surface area contributed by atoms with Crippen LogP contribution in [0.25, 0.3) is 0 Å². The maximum absolute atomic E-state index is 10.4. The van der Waals surface area contributed by atoms with Gasteiger partial charge in [0.2, 0.25) is 0 Å². The largest absolute Gasteiger partial charge is 0.396 e. The lowest BCUT2D eigenvalue weighted by Crippen LogP contribution is -2.52. The van der Waals surface area contributed by atoms with E-state index in [-0.39, 0.29) is 67.9 Å². The van der Waals surface area contributed by atoms with Gasteiger partial charge in [0.15, 0.2) is 0 Å². The number of aromatic nitrogens is 4. The molecule has 8 heteroatoms. The van der Waals surface area contributed by atoms with E-state index in [1.165, 1.54) is 40.9 Å². The highest BCUT2D eigenvalue weighted by Gasteiger charge is 2.57. The fraction of sp³-hybridized carbons (Fsp3) is 0.767. The smallest absolute Gasteiger partial charge is 0.0522 e. The summed E-state index contributed by atoms with van der Waals surface area (Å²) in [5.41, 5.74) is 10.1. The van der Waals surface area contributed by atoms with Crippen molar-refractivity contribution in [2.24, 2.45) is 63.1 Å². The van der Waals surface area contributed by atoms with Crippen LogP contribution in [0, 0.1) is 63.1 Å². The molecule has 284 valence electrons. The van der Waals surface area contributed by atoms with Crippen LogP contribution in [0.2, 0.25) is 0 Å². The van der Waals surface area contributed by atoms with E-state index >= 15 is 0 Å². The van der Waals surface area contributed by atoms with Gasteiger partial charge in [-0.15, -0.1) is 0 Å². The molecule has 8 nitrogen and oxygen atoms in total. The van der Waals surface area contributed by atoms with E-state index in [1.807, 2.05) is 12.4 Å². The lowest BCUT2D eigenvalue weighted by atomic mass is 9.49. The molecule has 2 aromatic rings. The van der Waals surface area contributed by atoms with Crippen LogP contribution in [0.4, 0.5) is 0 Å². The van der Waals surface area contributed by atoms with E-state index in [1.54, 1.807) is 11.1 Å². The summed E-state index contributed by atoms with van der Waals surface area (Å²) < 4.78 is 0. The predicted octanol–water partition coefficient (Wildman–Crippen LogP) is 7.01. The molecular weight excluding hydrogens is 636 g/mol. The van der Waals surface area contributed by atoms with Crippen LogP contribution in [0.1, 0.15) is 116 Å². The Morgan fingerprint density at radius 1 is 0.706 bits per heavy atom. The number of fused-ring (bicyclic) bond motifs is 3. The van der Waals surface area contributed by atoms with Crippen LogP contribution in [-0.4, -0.2) is 67.2 Å². The van der Waals surface area contributed by atoms with Gasteiger partial charge in [-0.1, -0.05) is 65.3 Å². The molecule has 6 aliphatic rings. The molecule has 0 aromatic carbocycles. The van der Waals surface area contributed by atoms with E-state index < -0.39 is 0 Å². The number of aliphatic hydroxyl groups excluding tert-OH is 4. The van der Waals surface area contributed by atoms with Gasteiger partial charge in [-0.3, -0.25) is 10.2 Å². The minimum atomic E-state index is 0. The molecule has 6 aliphatic carbocycles. The van der Waals surface area contributed by atoms with Crippen LogP contribution in [0.15, 0.2) is 35.7 Å². The molecule has 2 aromatic heterocycles. The first-order valence-corrected chi connectivity index (χ1v) is 19.7. The van der Waals surface area contributed by atoms with E-state index in [4.69, 9.17) is 0 Å².